The number of hydrogen-bond donors (Lipinski definition) is 0. The number of ketones is 1. The van der Waals surface area contributed by atoms with Crippen molar-refractivity contribution in [2.24, 2.45) is 5.92 Å². The highest BCUT2D eigenvalue weighted by Gasteiger charge is 2.13. The molecule has 0 spiro atoms. The molecule has 1 rings (SSSR count). The van der Waals surface area contributed by atoms with Gasteiger partial charge in [-0.2, -0.15) is 5.26 Å². The standard InChI is InChI=1S/C15H17NO3/c1-10(2)15(17)12(9-16)5-11-6-13(18-3)8-14(7-11)19-4/h5-8,10H,1-4H3. The van der Waals surface area contributed by atoms with Crippen molar-refractivity contribution >= 4 is 11.9 Å². The van der Waals surface area contributed by atoms with Gasteiger partial charge in [-0.15, -0.1) is 0 Å². The van der Waals surface area contributed by atoms with E-state index >= 15 is 0 Å². The van der Waals surface area contributed by atoms with Gasteiger partial charge in [0.2, 0.25) is 0 Å². The lowest BCUT2D eigenvalue weighted by atomic mass is 10.00. The average Bonchev–Trinajstić information content (AvgIpc) is 2.43. The molecule has 0 unspecified atom stereocenters. The summed E-state index contributed by atoms with van der Waals surface area (Å²) in [7, 11) is 3.10. The van der Waals surface area contributed by atoms with Crippen molar-refractivity contribution in [2.75, 3.05) is 14.2 Å². The van der Waals surface area contributed by atoms with Gasteiger partial charge in [-0.25, -0.2) is 0 Å². The fourth-order valence-corrected chi connectivity index (χ4v) is 1.55. The first kappa shape index (κ1) is 14.8. The second kappa shape index (κ2) is 6.60. The predicted molar refractivity (Wildman–Crippen MR) is 73.0 cm³/mol. The molecule has 0 heterocycles. The summed E-state index contributed by atoms with van der Waals surface area (Å²) in [6.45, 7) is 3.53. The smallest absolute Gasteiger partial charge is 0.175 e. The van der Waals surface area contributed by atoms with Crippen LogP contribution in [0, 0.1) is 17.2 Å². The molecule has 19 heavy (non-hydrogen) atoms. The van der Waals surface area contributed by atoms with E-state index in [2.05, 4.69) is 0 Å². The normalized spacial score (nSPS) is 11.1. The highest BCUT2D eigenvalue weighted by Crippen LogP contribution is 2.24. The van der Waals surface area contributed by atoms with Gasteiger partial charge in [-0.3, -0.25) is 4.79 Å². The Labute approximate surface area is 113 Å². The number of nitrogens with zero attached hydrogens (tertiary/aromatic N) is 1. The Kier molecular flexibility index (Phi) is 5.13. The lowest BCUT2D eigenvalue weighted by Gasteiger charge is -2.07. The first-order chi connectivity index (χ1) is 9.01. The minimum atomic E-state index is -0.210. The van der Waals surface area contributed by atoms with E-state index in [0.717, 1.165) is 0 Å². The topological polar surface area (TPSA) is 59.3 Å². The molecule has 0 amide bonds. The van der Waals surface area contributed by atoms with Crippen LogP contribution in [0.2, 0.25) is 0 Å². The van der Waals surface area contributed by atoms with Gasteiger partial charge in [-0.05, 0) is 23.8 Å². The van der Waals surface area contributed by atoms with Crippen LogP contribution in [0.15, 0.2) is 23.8 Å². The van der Waals surface area contributed by atoms with E-state index in [4.69, 9.17) is 14.7 Å². The van der Waals surface area contributed by atoms with E-state index in [0.29, 0.717) is 17.1 Å². The lowest BCUT2D eigenvalue weighted by Crippen LogP contribution is -2.08. The van der Waals surface area contributed by atoms with Crippen molar-refractivity contribution in [3.8, 4) is 17.6 Å². The number of allylic oxidation sites excluding steroid dienone is 1. The van der Waals surface area contributed by atoms with E-state index in [-0.39, 0.29) is 17.3 Å². The fraction of sp³-hybridized carbons (Fsp3) is 0.333. The predicted octanol–water partition coefficient (Wildman–Crippen LogP) is 2.84. The summed E-state index contributed by atoms with van der Waals surface area (Å²) in [6, 6.07) is 7.15. The van der Waals surface area contributed by atoms with Gasteiger partial charge in [0.15, 0.2) is 5.78 Å². The third kappa shape index (κ3) is 3.85. The van der Waals surface area contributed by atoms with Crippen molar-refractivity contribution in [3.05, 3.63) is 29.3 Å². The molecule has 0 aliphatic carbocycles. The van der Waals surface area contributed by atoms with Crippen LogP contribution in [0.1, 0.15) is 19.4 Å². The number of methoxy groups -OCH3 is 2. The number of Topliss-reactive ketones (excluding diaryl/α,β-unsaturated/α-hetero) is 1. The van der Waals surface area contributed by atoms with Gasteiger partial charge < -0.3 is 9.47 Å². The largest absolute Gasteiger partial charge is 0.497 e. The monoisotopic (exact) mass is 259 g/mol. The molecule has 1 aromatic carbocycles. The van der Waals surface area contributed by atoms with Gasteiger partial charge in [0.1, 0.15) is 17.6 Å². The van der Waals surface area contributed by atoms with Gasteiger partial charge in [0.25, 0.3) is 0 Å². The summed E-state index contributed by atoms with van der Waals surface area (Å²) < 4.78 is 10.3. The van der Waals surface area contributed by atoms with Crippen LogP contribution in [0.3, 0.4) is 0 Å². The molecule has 4 nitrogen and oxygen atoms in total. The molecule has 1 aromatic rings. The van der Waals surface area contributed by atoms with Gasteiger partial charge in [-0.1, -0.05) is 13.8 Å². The lowest BCUT2D eigenvalue weighted by molar-refractivity contribution is -0.117. The van der Waals surface area contributed by atoms with Crippen LogP contribution >= 0.6 is 0 Å². The molecule has 0 aliphatic rings. The maximum Gasteiger partial charge on any atom is 0.175 e. The van der Waals surface area contributed by atoms with Gasteiger partial charge in [0.05, 0.1) is 19.8 Å². The first-order valence-corrected chi connectivity index (χ1v) is 5.91. The number of carbonyl (C=O) groups excluding carboxylic acids is 1. The summed E-state index contributed by atoms with van der Waals surface area (Å²) in [5.41, 5.74) is 0.826. The van der Waals surface area contributed by atoms with E-state index < -0.39 is 0 Å². The summed E-state index contributed by atoms with van der Waals surface area (Å²) in [5.74, 6) is 0.836. The number of carbonyl (C=O) groups is 1. The molecule has 0 aliphatic heterocycles. The van der Waals surface area contributed by atoms with Gasteiger partial charge >= 0.3 is 0 Å². The molecule has 0 radical (unpaired) electrons. The zero-order valence-electron chi connectivity index (χ0n) is 11.6. The summed E-state index contributed by atoms with van der Waals surface area (Å²) in [4.78, 5) is 11.8. The highest BCUT2D eigenvalue weighted by molar-refractivity contribution is 6.04. The maximum atomic E-state index is 11.8. The minimum absolute atomic E-state index is 0.130. The number of hydrogen-bond acceptors (Lipinski definition) is 4. The van der Waals surface area contributed by atoms with Crippen molar-refractivity contribution < 1.29 is 14.3 Å². The maximum absolute atomic E-state index is 11.8. The number of benzene rings is 1. The molecule has 0 saturated carbocycles. The zero-order valence-corrected chi connectivity index (χ0v) is 11.6. The van der Waals surface area contributed by atoms with Crippen molar-refractivity contribution in [1.29, 1.82) is 5.26 Å². The highest BCUT2D eigenvalue weighted by atomic mass is 16.5. The molecule has 0 fully saturated rings. The Morgan fingerprint density at radius 1 is 1.21 bits per heavy atom. The van der Waals surface area contributed by atoms with Crippen molar-refractivity contribution in [2.45, 2.75) is 13.8 Å². The van der Waals surface area contributed by atoms with E-state index in [1.807, 2.05) is 6.07 Å². The Morgan fingerprint density at radius 3 is 2.11 bits per heavy atom. The number of rotatable bonds is 5. The summed E-state index contributed by atoms with van der Waals surface area (Å²) in [5, 5.41) is 9.06. The second-order valence-electron chi connectivity index (χ2n) is 4.33. The van der Waals surface area contributed by atoms with Crippen LogP contribution in [0.5, 0.6) is 11.5 Å². The van der Waals surface area contributed by atoms with Gasteiger partial charge in [0, 0.05) is 12.0 Å². The molecule has 100 valence electrons. The van der Waals surface area contributed by atoms with Crippen molar-refractivity contribution in [3.63, 3.8) is 0 Å². The molecule has 4 heteroatoms. The number of ether oxygens (including phenoxy) is 2. The average molecular weight is 259 g/mol. The Balaban J connectivity index is 3.22. The van der Waals surface area contributed by atoms with Crippen LogP contribution < -0.4 is 9.47 Å². The molecule has 0 saturated heterocycles. The summed E-state index contributed by atoms with van der Waals surface area (Å²) >= 11 is 0. The minimum Gasteiger partial charge on any atom is -0.497 e. The van der Waals surface area contributed by atoms with E-state index in [1.165, 1.54) is 0 Å². The van der Waals surface area contributed by atoms with Crippen LogP contribution in [-0.4, -0.2) is 20.0 Å². The number of nitriles is 1. The molecule has 0 aromatic heterocycles. The molecular formula is C15H17NO3. The quantitative estimate of drug-likeness (QED) is 0.602. The third-order valence-electron chi connectivity index (χ3n) is 2.60. The van der Waals surface area contributed by atoms with E-state index in [1.54, 1.807) is 52.3 Å². The van der Waals surface area contributed by atoms with Crippen LogP contribution in [-0.2, 0) is 4.79 Å². The second-order valence-corrected chi connectivity index (χ2v) is 4.33. The Hall–Kier alpha value is -2.28. The first-order valence-electron chi connectivity index (χ1n) is 5.91. The van der Waals surface area contributed by atoms with Crippen LogP contribution in [0.4, 0.5) is 0 Å². The molecule has 0 N–H and O–H groups in total. The summed E-state index contributed by atoms with van der Waals surface area (Å²) in [6.07, 6.45) is 1.55. The molecule has 0 atom stereocenters. The molecular weight excluding hydrogens is 242 g/mol. The Morgan fingerprint density at radius 2 is 1.74 bits per heavy atom. The SMILES string of the molecule is COc1cc(C=C(C#N)C(=O)C(C)C)cc(OC)c1. The van der Waals surface area contributed by atoms with Crippen molar-refractivity contribution in [1.82, 2.24) is 0 Å². The molecule has 0 bridgehead atoms. The zero-order chi connectivity index (χ0) is 14.4. The van der Waals surface area contributed by atoms with E-state index in [9.17, 15) is 4.79 Å². The van der Waals surface area contributed by atoms with Crippen LogP contribution in [0.25, 0.3) is 6.08 Å². The fourth-order valence-electron chi connectivity index (χ4n) is 1.55. The Bertz CT molecular complexity index is 517. The third-order valence-corrected chi connectivity index (χ3v) is 2.60.